The van der Waals surface area contributed by atoms with Gasteiger partial charge >= 0.3 is 0 Å². The van der Waals surface area contributed by atoms with Gasteiger partial charge in [0.2, 0.25) is 0 Å². The largest absolute Gasteiger partial charge is 0.497 e. The molecule has 30 heavy (non-hydrogen) atoms. The summed E-state index contributed by atoms with van der Waals surface area (Å²) in [6, 6.07) is 17.8. The highest BCUT2D eigenvalue weighted by molar-refractivity contribution is 6.17. The van der Waals surface area contributed by atoms with Crippen molar-refractivity contribution < 1.29 is 14.3 Å². The lowest BCUT2D eigenvalue weighted by Gasteiger charge is -2.13. The Morgan fingerprint density at radius 3 is 2.03 bits per heavy atom. The lowest BCUT2D eigenvalue weighted by Crippen LogP contribution is -2.17. The van der Waals surface area contributed by atoms with E-state index in [1.807, 2.05) is 0 Å². The fourth-order valence-electron chi connectivity index (χ4n) is 2.78. The van der Waals surface area contributed by atoms with E-state index in [1.165, 1.54) is 0 Å². The van der Waals surface area contributed by atoms with Crippen molar-refractivity contribution in [1.82, 2.24) is 0 Å². The molecule has 0 aromatic heterocycles. The first kappa shape index (κ1) is 22.4. The maximum absolute atomic E-state index is 13.0. The predicted molar refractivity (Wildman–Crippen MR) is 120 cm³/mol. The van der Waals surface area contributed by atoms with Gasteiger partial charge in [0.25, 0.3) is 5.91 Å². The van der Waals surface area contributed by atoms with Crippen LogP contribution < -0.4 is 21.5 Å². The third-order valence-corrected chi connectivity index (χ3v) is 4.39. The number of ketones is 1. The molecule has 0 spiro atoms. The summed E-state index contributed by atoms with van der Waals surface area (Å²) in [5.74, 6) is -0.157. The van der Waals surface area contributed by atoms with Crippen molar-refractivity contribution in [2.45, 2.75) is 0 Å². The standard InChI is InChI=1S/C22H20N4O3.ClH/c1-29-16-11-9-15(10-12-16)22(28)26-19-17(3-2-4-18(19)23)20(27)13-5-7-14(8-6-13)21(24)25;/h2-12H,23H2,1H3,(H3,24,25)(H,26,28);1H. The average molecular weight is 425 g/mol. The number of carbonyl (C=O) groups is 2. The van der Waals surface area contributed by atoms with E-state index in [-0.39, 0.29) is 41.0 Å². The van der Waals surface area contributed by atoms with Crippen molar-refractivity contribution in [3.8, 4) is 5.75 Å². The van der Waals surface area contributed by atoms with Crippen molar-refractivity contribution in [3.63, 3.8) is 0 Å². The molecular formula is C22H21ClN4O3. The highest BCUT2D eigenvalue weighted by Gasteiger charge is 2.18. The number of methoxy groups -OCH3 is 1. The molecule has 0 aliphatic carbocycles. The summed E-state index contributed by atoms with van der Waals surface area (Å²) in [6.07, 6.45) is 0. The van der Waals surface area contributed by atoms with E-state index in [1.54, 1.807) is 73.8 Å². The number of amidine groups is 1. The highest BCUT2D eigenvalue weighted by Crippen LogP contribution is 2.27. The summed E-state index contributed by atoms with van der Waals surface area (Å²) in [7, 11) is 1.54. The maximum atomic E-state index is 13.0. The Labute approximate surface area is 180 Å². The quantitative estimate of drug-likeness (QED) is 0.208. The number of para-hydroxylation sites is 1. The van der Waals surface area contributed by atoms with Crippen LogP contribution in [-0.4, -0.2) is 24.6 Å². The molecule has 6 N–H and O–H groups in total. The van der Waals surface area contributed by atoms with E-state index >= 15 is 0 Å². The Morgan fingerprint density at radius 2 is 1.47 bits per heavy atom. The first-order valence-corrected chi connectivity index (χ1v) is 8.73. The molecule has 0 bridgehead atoms. The molecule has 0 heterocycles. The Morgan fingerprint density at radius 1 is 0.900 bits per heavy atom. The van der Waals surface area contributed by atoms with Crippen LogP contribution in [0, 0.1) is 5.41 Å². The number of carbonyl (C=O) groups excluding carboxylic acids is 2. The molecule has 3 aromatic rings. The summed E-state index contributed by atoms with van der Waals surface area (Å²) in [5, 5.41) is 10.2. The van der Waals surface area contributed by atoms with Gasteiger partial charge in [0, 0.05) is 22.3 Å². The van der Waals surface area contributed by atoms with Gasteiger partial charge in [-0.2, -0.15) is 0 Å². The zero-order valence-electron chi connectivity index (χ0n) is 16.1. The molecule has 0 fully saturated rings. The van der Waals surface area contributed by atoms with Crippen LogP contribution in [0.1, 0.15) is 31.8 Å². The Kier molecular flexibility index (Phi) is 7.17. The Hall–Kier alpha value is -3.84. The molecule has 0 saturated heterocycles. The van der Waals surface area contributed by atoms with Crippen molar-refractivity contribution in [1.29, 1.82) is 5.41 Å². The molecule has 3 aromatic carbocycles. The molecule has 0 aliphatic heterocycles. The maximum Gasteiger partial charge on any atom is 0.255 e. The molecule has 154 valence electrons. The summed E-state index contributed by atoms with van der Waals surface area (Å²) in [6.45, 7) is 0. The summed E-state index contributed by atoms with van der Waals surface area (Å²) in [4.78, 5) is 25.6. The first-order chi connectivity index (χ1) is 13.9. The Balaban J connectivity index is 0.00000320. The van der Waals surface area contributed by atoms with Gasteiger partial charge in [-0.25, -0.2) is 0 Å². The van der Waals surface area contributed by atoms with Crippen LogP contribution in [0.5, 0.6) is 5.75 Å². The second-order valence-electron chi connectivity index (χ2n) is 6.27. The number of hydrogen-bond acceptors (Lipinski definition) is 5. The van der Waals surface area contributed by atoms with Gasteiger partial charge in [0.15, 0.2) is 5.78 Å². The molecule has 0 unspecified atom stereocenters. The van der Waals surface area contributed by atoms with Gasteiger partial charge in [0.1, 0.15) is 11.6 Å². The zero-order valence-corrected chi connectivity index (χ0v) is 17.0. The molecule has 3 rings (SSSR count). The first-order valence-electron chi connectivity index (χ1n) is 8.73. The van der Waals surface area contributed by atoms with Gasteiger partial charge in [-0.1, -0.05) is 30.3 Å². The van der Waals surface area contributed by atoms with Crippen LogP contribution in [-0.2, 0) is 0 Å². The molecule has 8 heteroatoms. The minimum Gasteiger partial charge on any atom is -0.497 e. The van der Waals surface area contributed by atoms with Crippen LogP contribution >= 0.6 is 12.4 Å². The van der Waals surface area contributed by atoms with Crippen molar-refractivity contribution in [2.75, 3.05) is 18.2 Å². The molecular weight excluding hydrogens is 404 g/mol. The van der Waals surface area contributed by atoms with Gasteiger partial charge in [0.05, 0.1) is 18.5 Å². The number of hydrogen-bond donors (Lipinski definition) is 4. The predicted octanol–water partition coefficient (Wildman–Crippen LogP) is 3.47. The van der Waals surface area contributed by atoms with E-state index < -0.39 is 5.91 Å². The normalized spacial score (nSPS) is 9.90. The Bertz CT molecular complexity index is 1080. The molecule has 0 radical (unpaired) electrons. The number of nitrogens with one attached hydrogen (secondary N) is 2. The topological polar surface area (TPSA) is 131 Å². The number of nitrogen functional groups attached to an aromatic ring is 2. The van der Waals surface area contributed by atoms with Crippen LogP contribution in [0.4, 0.5) is 11.4 Å². The van der Waals surface area contributed by atoms with Crippen LogP contribution in [0.3, 0.4) is 0 Å². The molecule has 7 nitrogen and oxygen atoms in total. The lowest BCUT2D eigenvalue weighted by molar-refractivity contribution is 0.102. The minimum atomic E-state index is -0.397. The molecule has 0 atom stereocenters. The third kappa shape index (κ3) is 4.76. The summed E-state index contributed by atoms with van der Waals surface area (Å²) >= 11 is 0. The van der Waals surface area contributed by atoms with E-state index in [2.05, 4.69) is 5.32 Å². The lowest BCUT2D eigenvalue weighted by atomic mass is 9.99. The van der Waals surface area contributed by atoms with Gasteiger partial charge < -0.3 is 21.5 Å². The van der Waals surface area contributed by atoms with E-state index in [0.717, 1.165) is 0 Å². The fraction of sp³-hybridized carbons (Fsp3) is 0.0455. The smallest absolute Gasteiger partial charge is 0.255 e. The van der Waals surface area contributed by atoms with E-state index in [0.29, 0.717) is 22.4 Å². The van der Waals surface area contributed by atoms with Crippen molar-refractivity contribution >= 4 is 41.3 Å². The van der Waals surface area contributed by atoms with E-state index in [4.69, 9.17) is 21.6 Å². The monoisotopic (exact) mass is 424 g/mol. The second-order valence-corrected chi connectivity index (χ2v) is 6.27. The summed E-state index contributed by atoms with van der Waals surface area (Å²) < 4.78 is 5.09. The van der Waals surface area contributed by atoms with Gasteiger partial charge in [-0.05, 0) is 36.4 Å². The fourth-order valence-corrected chi connectivity index (χ4v) is 2.78. The van der Waals surface area contributed by atoms with Crippen LogP contribution in [0.2, 0.25) is 0 Å². The van der Waals surface area contributed by atoms with Crippen LogP contribution in [0.15, 0.2) is 66.7 Å². The number of ether oxygens (including phenoxy) is 1. The van der Waals surface area contributed by atoms with Crippen LogP contribution in [0.25, 0.3) is 0 Å². The minimum absolute atomic E-state index is 0. The van der Waals surface area contributed by atoms with Crippen molar-refractivity contribution in [2.24, 2.45) is 5.73 Å². The molecule has 1 amide bonds. The summed E-state index contributed by atoms with van der Waals surface area (Å²) in [5.41, 5.74) is 13.6. The number of benzene rings is 3. The van der Waals surface area contributed by atoms with E-state index in [9.17, 15) is 9.59 Å². The van der Waals surface area contributed by atoms with Crippen molar-refractivity contribution in [3.05, 3.63) is 89.0 Å². The number of rotatable bonds is 6. The second kappa shape index (κ2) is 9.58. The number of amides is 1. The SMILES string of the molecule is COc1ccc(C(=O)Nc2c(N)cccc2C(=O)c2ccc(C(=N)N)cc2)cc1.Cl. The third-order valence-electron chi connectivity index (χ3n) is 4.39. The number of nitrogens with two attached hydrogens (primary N) is 2. The molecule has 0 saturated carbocycles. The molecule has 0 aliphatic rings. The van der Waals surface area contributed by atoms with Gasteiger partial charge in [-0.3, -0.25) is 15.0 Å². The zero-order chi connectivity index (χ0) is 21.0. The van der Waals surface area contributed by atoms with Gasteiger partial charge in [-0.15, -0.1) is 12.4 Å². The number of anilines is 2. The highest BCUT2D eigenvalue weighted by atomic mass is 35.5. The average Bonchev–Trinajstić information content (AvgIpc) is 2.74. The number of halogens is 1.